The summed E-state index contributed by atoms with van der Waals surface area (Å²) in [6.07, 6.45) is 0. The van der Waals surface area contributed by atoms with Crippen LogP contribution in [0.25, 0.3) is 5.70 Å². The lowest BCUT2D eigenvalue weighted by Crippen LogP contribution is -2.37. The van der Waals surface area contributed by atoms with Gasteiger partial charge < -0.3 is 9.47 Å². The Morgan fingerprint density at radius 1 is 0.861 bits per heavy atom. The van der Waals surface area contributed by atoms with E-state index in [2.05, 4.69) is 11.8 Å². The Kier molecular flexibility index (Phi) is 8.10. The fourth-order valence-electron chi connectivity index (χ4n) is 4.08. The standard InChI is InChI=1S/C31H27NO4/c1-3-35-30(33)27-22(2)32-29(25-17-11-6-12-18-25)28(26(27)20-19-23-13-7-4-8-14-23)31(34)36-21-24-15-9-5-10-16-24/h4-18,26-27H,3,21H2,1-2H3/t26-,27?/m1/s1. The molecule has 0 amide bonds. The molecule has 1 aliphatic rings. The van der Waals surface area contributed by atoms with Gasteiger partial charge in [0.25, 0.3) is 0 Å². The summed E-state index contributed by atoms with van der Waals surface area (Å²) in [6, 6.07) is 28.3. The number of nitrogens with zero attached hydrogens (tertiary/aromatic N) is 1. The second-order valence-electron chi connectivity index (χ2n) is 8.29. The maximum Gasteiger partial charge on any atom is 0.337 e. The molecule has 1 unspecified atom stereocenters. The van der Waals surface area contributed by atoms with Crippen molar-refractivity contribution in [3.63, 3.8) is 0 Å². The first kappa shape index (κ1) is 24.7. The Labute approximate surface area is 211 Å². The lowest BCUT2D eigenvalue weighted by atomic mass is 9.79. The van der Waals surface area contributed by atoms with Crippen molar-refractivity contribution in [2.75, 3.05) is 6.61 Å². The number of hydrogen-bond acceptors (Lipinski definition) is 5. The Morgan fingerprint density at radius 2 is 1.47 bits per heavy atom. The summed E-state index contributed by atoms with van der Waals surface area (Å²) in [5, 5.41) is 0. The largest absolute Gasteiger partial charge is 0.465 e. The molecule has 5 nitrogen and oxygen atoms in total. The molecule has 0 N–H and O–H groups in total. The molecular formula is C31H27NO4. The Hall–Kier alpha value is -4.43. The fraction of sp³-hybridized carbons (Fsp3) is 0.194. The minimum Gasteiger partial charge on any atom is -0.465 e. The van der Waals surface area contributed by atoms with E-state index in [1.165, 1.54) is 0 Å². The third-order valence-electron chi connectivity index (χ3n) is 5.80. The normalized spacial score (nSPS) is 16.9. The zero-order valence-corrected chi connectivity index (χ0v) is 20.3. The maximum absolute atomic E-state index is 13.6. The van der Waals surface area contributed by atoms with E-state index in [9.17, 15) is 9.59 Å². The Balaban J connectivity index is 1.83. The average Bonchev–Trinajstić information content (AvgIpc) is 2.92. The monoisotopic (exact) mass is 477 g/mol. The summed E-state index contributed by atoms with van der Waals surface area (Å²) in [6.45, 7) is 3.83. The molecule has 0 spiro atoms. The molecule has 0 saturated carbocycles. The summed E-state index contributed by atoms with van der Waals surface area (Å²) < 4.78 is 11.1. The number of benzene rings is 3. The zero-order valence-electron chi connectivity index (χ0n) is 20.3. The van der Waals surface area contributed by atoms with Gasteiger partial charge in [-0.05, 0) is 31.5 Å². The molecular weight excluding hydrogens is 450 g/mol. The number of esters is 2. The van der Waals surface area contributed by atoms with Gasteiger partial charge >= 0.3 is 11.9 Å². The van der Waals surface area contributed by atoms with Crippen molar-refractivity contribution in [3.8, 4) is 11.8 Å². The molecule has 0 saturated heterocycles. The molecule has 0 fully saturated rings. The van der Waals surface area contributed by atoms with Crippen molar-refractivity contribution in [1.29, 1.82) is 0 Å². The van der Waals surface area contributed by atoms with Gasteiger partial charge in [0.2, 0.25) is 0 Å². The fourth-order valence-corrected chi connectivity index (χ4v) is 4.08. The minimum atomic E-state index is -0.826. The van der Waals surface area contributed by atoms with Crippen LogP contribution in [0.5, 0.6) is 0 Å². The SMILES string of the molecule is CCOC(=O)C1C(C)=NC(c2ccccc2)=C(C(=O)OCc2ccccc2)[C@@H]1C#Cc1ccccc1. The van der Waals surface area contributed by atoms with E-state index in [4.69, 9.17) is 14.5 Å². The molecule has 180 valence electrons. The van der Waals surface area contributed by atoms with Crippen molar-refractivity contribution < 1.29 is 19.1 Å². The van der Waals surface area contributed by atoms with Crippen LogP contribution in [-0.4, -0.2) is 24.3 Å². The number of carbonyl (C=O) groups excluding carboxylic acids is 2. The average molecular weight is 478 g/mol. The topological polar surface area (TPSA) is 65.0 Å². The van der Waals surface area contributed by atoms with E-state index in [1.54, 1.807) is 13.8 Å². The molecule has 0 aliphatic carbocycles. The first-order valence-electron chi connectivity index (χ1n) is 11.9. The number of ether oxygens (including phenoxy) is 2. The van der Waals surface area contributed by atoms with Gasteiger partial charge in [0, 0.05) is 16.8 Å². The van der Waals surface area contributed by atoms with E-state index in [0.717, 1.165) is 16.7 Å². The maximum atomic E-state index is 13.6. The molecule has 5 heteroatoms. The lowest BCUT2D eigenvalue weighted by molar-refractivity contribution is -0.146. The van der Waals surface area contributed by atoms with Crippen LogP contribution in [0.2, 0.25) is 0 Å². The second-order valence-corrected chi connectivity index (χ2v) is 8.29. The number of aliphatic imine (C=N–C) groups is 1. The van der Waals surface area contributed by atoms with Crippen molar-refractivity contribution in [2.45, 2.75) is 20.5 Å². The summed E-state index contributed by atoms with van der Waals surface area (Å²) in [5.74, 6) is 3.69. The molecule has 0 aromatic heterocycles. The van der Waals surface area contributed by atoms with Crippen LogP contribution in [0.1, 0.15) is 30.5 Å². The third kappa shape index (κ3) is 5.79. The first-order valence-corrected chi connectivity index (χ1v) is 11.9. The summed E-state index contributed by atoms with van der Waals surface area (Å²) in [5.41, 5.74) is 3.63. The van der Waals surface area contributed by atoms with E-state index >= 15 is 0 Å². The van der Waals surface area contributed by atoms with Gasteiger partial charge in [-0.3, -0.25) is 9.79 Å². The quantitative estimate of drug-likeness (QED) is 0.349. The summed E-state index contributed by atoms with van der Waals surface area (Å²) in [4.78, 5) is 31.4. The van der Waals surface area contributed by atoms with Gasteiger partial charge in [-0.1, -0.05) is 90.7 Å². The van der Waals surface area contributed by atoms with Gasteiger partial charge in [0.05, 0.1) is 23.8 Å². The van der Waals surface area contributed by atoms with Crippen molar-refractivity contribution in [3.05, 3.63) is 113 Å². The van der Waals surface area contributed by atoms with Gasteiger partial charge in [0.1, 0.15) is 12.5 Å². The molecule has 1 aliphatic heterocycles. The lowest BCUT2D eigenvalue weighted by Gasteiger charge is -2.29. The van der Waals surface area contributed by atoms with Gasteiger partial charge in [0.15, 0.2) is 0 Å². The predicted octanol–water partition coefficient (Wildman–Crippen LogP) is 5.46. The van der Waals surface area contributed by atoms with Gasteiger partial charge in [-0.2, -0.15) is 0 Å². The van der Waals surface area contributed by atoms with Gasteiger partial charge in [-0.15, -0.1) is 0 Å². The van der Waals surface area contributed by atoms with E-state index < -0.39 is 23.8 Å². The van der Waals surface area contributed by atoms with Crippen molar-refractivity contribution >= 4 is 23.3 Å². The highest BCUT2D eigenvalue weighted by molar-refractivity contribution is 6.11. The Morgan fingerprint density at radius 3 is 2.11 bits per heavy atom. The molecule has 0 bridgehead atoms. The molecule has 3 aromatic rings. The number of rotatable bonds is 6. The highest BCUT2D eigenvalue weighted by Crippen LogP contribution is 2.37. The van der Waals surface area contributed by atoms with Crippen molar-refractivity contribution in [1.82, 2.24) is 0 Å². The first-order chi connectivity index (χ1) is 17.6. The number of carbonyl (C=O) groups is 2. The molecule has 4 rings (SSSR count). The highest BCUT2D eigenvalue weighted by Gasteiger charge is 2.42. The van der Waals surface area contributed by atoms with Crippen LogP contribution in [0.15, 0.2) is 102 Å². The van der Waals surface area contributed by atoms with E-state index in [-0.39, 0.29) is 18.8 Å². The molecule has 36 heavy (non-hydrogen) atoms. The van der Waals surface area contributed by atoms with E-state index in [1.807, 2.05) is 91.0 Å². The molecule has 0 radical (unpaired) electrons. The summed E-state index contributed by atoms with van der Waals surface area (Å²) >= 11 is 0. The second kappa shape index (κ2) is 11.8. The van der Waals surface area contributed by atoms with Crippen LogP contribution >= 0.6 is 0 Å². The summed E-state index contributed by atoms with van der Waals surface area (Å²) in [7, 11) is 0. The van der Waals surface area contributed by atoms with Crippen molar-refractivity contribution in [2.24, 2.45) is 16.8 Å². The molecule has 3 aromatic carbocycles. The molecule has 2 atom stereocenters. The van der Waals surface area contributed by atoms with Crippen LogP contribution in [0.3, 0.4) is 0 Å². The van der Waals surface area contributed by atoms with Crippen LogP contribution in [0, 0.1) is 23.7 Å². The minimum absolute atomic E-state index is 0.0941. The van der Waals surface area contributed by atoms with Crippen LogP contribution < -0.4 is 0 Å². The van der Waals surface area contributed by atoms with Gasteiger partial charge in [-0.25, -0.2) is 4.79 Å². The van der Waals surface area contributed by atoms with Crippen LogP contribution in [0.4, 0.5) is 0 Å². The Bertz CT molecular complexity index is 1330. The predicted molar refractivity (Wildman–Crippen MR) is 140 cm³/mol. The number of hydrogen-bond donors (Lipinski definition) is 0. The third-order valence-corrected chi connectivity index (χ3v) is 5.80. The zero-order chi connectivity index (χ0) is 25.3. The van der Waals surface area contributed by atoms with Crippen LogP contribution in [-0.2, 0) is 25.7 Å². The highest BCUT2D eigenvalue weighted by atomic mass is 16.5. The smallest absolute Gasteiger partial charge is 0.337 e. The molecule has 1 heterocycles. The van der Waals surface area contributed by atoms with E-state index in [0.29, 0.717) is 11.4 Å².